The van der Waals surface area contributed by atoms with Crippen LogP contribution in [-0.2, 0) is 19.3 Å². The quantitative estimate of drug-likeness (QED) is 0.830. The highest BCUT2D eigenvalue weighted by Crippen LogP contribution is 2.31. The standard InChI is InChI=1S/C14H14F4N2/c1-2-20-7-3-4-11(20)9-19-13-8-10(14(16,17)18)5-6-12(13)15/h3-8,19H,2,9H2,1H3. The largest absolute Gasteiger partial charge is 0.416 e. The number of rotatable bonds is 4. The van der Waals surface area contributed by atoms with Gasteiger partial charge in [0.25, 0.3) is 0 Å². The van der Waals surface area contributed by atoms with E-state index in [1.54, 1.807) is 0 Å². The Labute approximate surface area is 114 Å². The van der Waals surface area contributed by atoms with Crippen molar-refractivity contribution in [1.29, 1.82) is 0 Å². The van der Waals surface area contributed by atoms with Crippen LogP contribution in [0.2, 0.25) is 0 Å². The molecule has 0 aliphatic carbocycles. The Morgan fingerprint density at radius 3 is 2.60 bits per heavy atom. The van der Waals surface area contributed by atoms with Gasteiger partial charge in [-0.2, -0.15) is 13.2 Å². The van der Waals surface area contributed by atoms with E-state index in [-0.39, 0.29) is 12.2 Å². The van der Waals surface area contributed by atoms with Gasteiger partial charge in [0.05, 0.1) is 17.8 Å². The van der Waals surface area contributed by atoms with Crippen molar-refractivity contribution in [3.8, 4) is 0 Å². The van der Waals surface area contributed by atoms with E-state index in [1.165, 1.54) is 0 Å². The molecule has 0 aliphatic rings. The Morgan fingerprint density at radius 2 is 1.95 bits per heavy atom. The molecular formula is C14H14F4N2. The predicted molar refractivity (Wildman–Crippen MR) is 68.8 cm³/mol. The molecule has 1 aromatic carbocycles. The van der Waals surface area contributed by atoms with Gasteiger partial charge in [-0.25, -0.2) is 4.39 Å². The summed E-state index contributed by atoms with van der Waals surface area (Å²) in [5.41, 5.74) is -0.139. The summed E-state index contributed by atoms with van der Waals surface area (Å²) in [6.45, 7) is 2.96. The second kappa shape index (κ2) is 5.56. The Bertz CT molecular complexity index is 587. The van der Waals surface area contributed by atoms with Gasteiger partial charge >= 0.3 is 6.18 Å². The molecule has 0 saturated carbocycles. The van der Waals surface area contributed by atoms with Crippen LogP contribution in [0.5, 0.6) is 0 Å². The molecule has 0 spiro atoms. The Hall–Kier alpha value is -1.98. The normalized spacial score (nSPS) is 11.7. The van der Waals surface area contributed by atoms with Crippen molar-refractivity contribution in [1.82, 2.24) is 4.57 Å². The predicted octanol–water partition coefficient (Wildman–Crippen LogP) is 4.28. The van der Waals surface area contributed by atoms with Gasteiger partial charge < -0.3 is 9.88 Å². The first-order chi connectivity index (χ1) is 9.41. The molecule has 1 heterocycles. The van der Waals surface area contributed by atoms with Crippen LogP contribution in [-0.4, -0.2) is 4.57 Å². The highest BCUT2D eigenvalue weighted by Gasteiger charge is 2.31. The van der Waals surface area contributed by atoms with Crippen molar-refractivity contribution < 1.29 is 17.6 Å². The van der Waals surface area contributed by atoms with Gasteiger partial charge in [0.2, 0.25) is 0 Å². The fourth-order valence-electron chi connectivity index (χ4n) is 1.94. The number of halogens is 4. The topological polar surface area (TPSA) is 17.0 Å². The number of nitrogens with one attached hydrogen (secondary N) is 1. The first kappa shape index (κ1) is 14.4. The van der Waals surface area contributed by atoms with Crippen molar-refractivity contribution in [2.24, 2.45) is 0 Å². The van der Waals surface area contributed by atoms with E-state index >= 15 is 0 Å². The van der Waals surface area contributed by atoms with E-state index in [0.717, 1.165) is 30.4 Å². The molecule has 6 heteroatoms. The van der Waals surface area contributed by atoms with Gasteiger partial charge in [-0.15, -0.1) is 0 Å². The van der Waals surface area contributed by atoms with E-state index in [2.05, 4.69) is 5.32 Å². The van der Waals surface area contributed by atoms with Crippen LogP contribution in [0.25, 0.3) is 0 Å². The van der Waals surface area contributed by atoms with Crippen LogP contribution < -0.4 is 5.32 Å². The Kier molecular flexibility index (Phi) is 4.01. The fourth-order valence-corrected chi connectivity index (χ4v) is 1.94. The zero-order valence-electron chi connectivity index (χ0n) is 10.8. The molecule has 20 heavy (non-hydrogen) atoms. The molecule has 108 valence electrons. The van der Waals surface area contributed by atoms with Crippen LogP contribution in [0.15, 0.2) is 36.5 Å². The lowest BCUT2D eigenvalue weighted by Gasteiger charge is -2.12. The average Bonchev–Trinajstić information content (AvgIpc) is 2.83. The fraction of sp³-hybridized carbons (Fsp3) is 0.286. The molecule has 1 N–H and O–H groups in total. The smallest absolute Gasteiger partial charge is 0.377 e. The highest BCUT2D eigenvalue weighted by atomic mass is 19.4. The van der Waals surface area contributed by atoms with E-state index in [0.29, 0.717) is 0 Å². The van der Waals surface area contributed by atoms with Gasteiger partial charge in [-0.05, 0) is 37.3 Å². The lowest BCUT2D eigenvalue weighted by molar-refractivity contribution is -0.137. The summed E-state index contributed by atoms with van der Waals surface area (Å²) >= 11 is 0. The SMILES string of the molecule is CCn1cccc1CNc1cc(C(F)(F)F)ccc1F. The Morgan fingerprint density at radius 1 is 1.20 bits per heavy atom. The van der Waals surface area contributed by atoms with Crippen molar-refractivity contribution in [3.05, 3.63) is 53.6 Å². The number of hydrogen-bond acceptors (Lipinski definition) is 1. The van der Waals surface area contributed by atoms with Crippen LogP contribution in [0.1, 0.15) is 18.2 Å². The summed E-state index contributed by atoms with van der Waals surface area (Å²) in [5.74, 6) is -0.701. The molecule has 0 unspecified atom stereocenters. The lowest BCUT2D eigenvalue weighted by atomic mass is 10.2. The maximum atomic E-state index is 13.5. The van der Waals surface area contributed by atoms with Crippen molar-refractivity contribution in [2.75, 3.05) is 5.32 Å². The van der Waals surface area contributed by atoms with E-state index < -0.39 is 17.6 Å². The minimum Gasteiger partial charge on any atom is -0.377 e. The third kappa shape index (κ3) is 3.12. The first-order valence-corrected chi connectivity index (χ1v) is 6.16. The summed E-state index contributed by atoms with van der Waals surface area (Å²) in [6, 6.07) is 6.01. The van der Waals surface area contributed by atoms with Crippen LogP contribution in [0, 0.1) is 5.82 Å². The van der Waals surface area contributed by atoms with Gasteiger partial charge in [0, 0.05) is 18.4 Å². The number of aryl methyl sites for hydroxylation is 1. The van der Waals surface area contributed by atoms with E-state index in [4.69, 9.17) is 0 Å². The zero-order valence-corrected chi connectivity index (χ0v) is 10.8. The van der Waals surface area contributed by atoms with Gasteiger partial charge in [-0.1, -0.05) is 0 Å². The summed E-state index contributed by atoms with van der Waals surface area (Å²) in [6.07, 6.45) is -2.62. The molecule has 0 saturated heterocycles. The molecule has 2 rings (SSSR count). The molecular weight excluding hydrogens is 272 g/mol. The third-order valence-electron chi connectivity index (χ3n) is 3.02. The number of nitrogens with zero attached hydrogens (tertiary/aromatic N) is 1. The third-order valence-corrected chi connectivity index (χ3v) is 3.02. The van der Waals surface area contributed by atoms with Crippen LogP contribution in [0.3, 0.4) is 0 Å². The zero-order chi connectivity index (χ0) is 14.8. The number of hydrogen-bond donors (Lipinski definition) is 1. The minimum atomic E-state index is -4.48. The molecule has 0 amide bonds. The average molecular weight is 286 g/mol. The summed E-state index contributed by atoms with van der Waals surface area (Å²) < 4.78 is 53.2. The van der Waals surface area contributed by atoms with Crippen molar-refractivity contribution in [2.45, 2.75) is 26.2 Å². The molecule has 1 aromatic heterocycles. The summed E-state index contributed by atoms with van der Waals surface area (Å²) in [5, 5.41) is 2.71. The summed E-state index contributed by atoms with van der Waals surface area (Å²) in [4.78, 5) is 0. The van der Waals surface area contributed by atoms with Crippen molar-refractivity contribution >= 4 is 5.69 Å². The maximum absolute atomic E-state index is 13.5. The van der Waals surface area contributed by atoms with Crippen molar-refractivity contribution in [3.63, 3.8) is 0 Å². The molecule has 2 aromatic rings. The van der Waals surface area contributed by atoms with Crippen LogP contribution >= 0.6 is 0 Å². The number of anilines is 1. The lowest BCUT2D eigenvalue weighted by Crippen LogP contribution is -2.09. The number of benzene rings is 1. The molecule has 0 aliphatic heterocycles. The molecule has 0 radical (unpaired) electrons. The number of alkyl halides is 3. The molecule has 0 fully saturated rings. The van der Waals surface area contributed by atoms with Gasteiger partial charge in [0.15, 0.2) is 0 Å². The first-order valence-electron chi connectivity index (χ1n) is 6.16. The van der Waals surface area contributed by atoms with Gasteiger partial charge in [0.1, 0.15) is 5.82 Å². The highest BCUT2D eigenvalue weighted by molar-refractivity contribution is 5.48. The minimum absolute atomic E-state index is 0.149. The number of aromatic nitrogens is 1. The summed E-state index contributed by atoms with van der Waals surface area (Å²) in [7, 11) is 0. The second-order valence-corrected chi connectivity index (χ2v) is 4.33. The van der Waals surface area contributed by atoms with E-state index in [1.807, 2.05) is 29.8 Å². The maximum Gasteiger partial charge on any atom is 0.416 e. The van der Waals surface area contributed by atoms with Gasteiger partial charge in [-0.3, -0.25) is 0 Å². The molecule has 2 nitrogen and oxygen atoms in total. The monoisotopic (exact) mass is 286 g/mol. The second-order valence-electron chi connectivity index (χ2n) is 4.33. The Balaban J connectivity index is 2.17. The molecule has 0 bridgehead atoms. The van der Waals surface area contributed by atoms with E-state index in [9.17, 15) is 17.6 Å². The van der Waals surface area contributed by atoms with Crippen LogP contribution in [0.4, 0.5) is 23.2 Å². The molecule has 0 atom stereocenters.